The number of carbonyl (C=O) groups is 1. The fourth-order valence-electron chi connectivity index (χ4n) is 4.00. The molecular formula is C23H25ClN4O4S2. The molecule has 0 radical (unpaired) electrons. The van der Waals surface area contributed by atoms with E-state index in [0.717, 1.165) is 41.5 Å². The van der Waals surface area contributed by atoms with Gasteiger partial charge in [-0.15, -0.1) is 11.3 Å². The van der Waals surface area contributed by atoms with Crippen molar-refractivity contribution in [1.29, 1.82) is 0 Å². The molecule has 0 saturated heterocycles. The van der Waals surface area contributed by atoms with Crippen molar-refractivity contribution in [1.82, 2.24) is 9.55 Å². The number of hydrogen-bond donors (Lipinski definition) is 1. The van der Waals surface area contributed by atoms with Gasteiger partial charge in [-0.05, 0) is 50.2 Å². The van der Waals surface area contributed by atoms with Gasteiger partial charge < -0.3 is 5.32 Å². The van der Waals surface area contributed by atoms with E-state index in [-0.39, 0.29) is 28.1 Å². The zero-order chi connectivity index (χ0) is 24.6. The summed E-state index contributed by atoms with van der Waals surface area (Å²) in [6, 6.07) is 3.89. The zero-order valence-electron chi connectivity index (χ0n) is 19.1. The third-order valence-electron chi connectivity index (χ3n) is 5.66. The highest BCUT2D eigenvalue weighted by Gasteiger charge is 2.25. The maximum atomic E-state index is 13.5. The van der Waals surface area contributed by atoms with Crippen molar-refractivity contribution in [2.75, 3.05) is 5.32 Å². The van der Waals surface area contributed by atoms with Crippen molar-refractivity contribution in [3.8, 4) is 0 Å². The van der Waals surface area contributed by atoms with Crippen LogP contribution in [0.4, 0.5) is 11.4 Å². The first-order chi connectivity index (χ1) is 16.2. The quantitative estimate of drug-likeness (QED) is 0.186. The topological polar surface area (TPSA) is 107 Å². The highest BCUT2D eigenvalue weighted by atomic mass is 35.5. The summed E-state index contributed by atoms with van der Waals surface area (Å²) in [5.41, 5.74) is 1.25. The van der Waals surface area contributed by atoms with Gasteiger partial charge in [0.05, 0.1) is 26.3 Å². The summed E-state index contributed by atoms with van der Waals surface area (Å²) >= 11 is 8.93. The molecule has 180 valence electrons. The lowest BCUT2D eigenvalue weighted by molar-refractivity contribution is -0.384. The molecule has 11 heteroatoms. The first kappa shape index (κ1) is 24.7. The van der Waals surface area contributed by atoms with Gasteiger partial charge in [-0.25, -0.2) is 4.98 Å². The van der Waals surface area contributed by atoms with Crippen LogP contribution in [0.15, 0.2) is 28.2 Å². The van der Waals surface area contributed by atoms with E-state index in [1.807, 2.05) is 13.8 Å². The number of nitro groups is 1. The SMILES string of the molecule is CC(C)Cn1c(S[C@@H](C)C(=O)Nc2ccc([N+](=O)[O-])cc2Cl)nc2sc3c(c2c1=O)CCCC3. The zero-order valence-corrected chi connectivity index (χ0v) is 21.5. The molecule has 1 aliphatic rings. The second kappa shape index (κ2) is 10.1. The van der Waals surface area contributed by atoms with Crippen LogP contribution in [0.2, 0.25) is 5.02 Å². The number of benzene rings is 1. The number of nitrogens with one attached hydrogen (secondary N) is 1. The van der Waals surface area contributed by atoms with Crippen molar-refractivity contribution in [2.45, 2.75) is 63.4 Å². The van der Waals surface area contributed by atoms with Crippen LogP contribution in [-0.2, 0) is 24.2 Å². The molecule has 2 heterocycles. The molecule has 0 bridgehead atoms. The lowest BCUT2D eigenvalue weighted by Crippen LogP contribution is -2.28. The third-order valence-corrected chi connectivity index (χ3v) is 8.25. The minimum Gasteiger partial charge on any atom is -0.324 e. The molecule has 34 heavy (non-hydrogen) atoms. The van der Waals surface area contributed by atoms with Gasteiger partial charge in [0.15, 0.2) is 5.16 Å². The summed E-state index contributed by atoms with van der Waals surface area (Å²) in [4.78, 5) is 43.6. The van der Waals surface area contributed by atoms with E-state index in [1.54, 1.807) is 22.8 Å². The number of thiophene rings is 1. The minimum atomic E-state index is -0.580. The van der Waals surface area contributed by atoms with Crippen LogP contribution in [0.25, 0.3) is 10.2 Å². The molecule has 0 unspecified atom stereocenters. The molecule has 8 nitrogen and oxygen atoms in total. The number of fused-ring (bicyclic) bond motifs is 3. The molecule has 1 N–H and O–H groups in total. The Morgan fingerprint density at radius 1 is 1.32 bits per heavy atom. The van der Waals surface area contributed by atoms with Crippen molar-refractivity contribution in [3.63, 3.8) is 0 Å². The molecule has 4 rings (SSSR count). The number of aryl methyl sites for hydroxylation is 2. The average Bonchev–Trinajstić information content (AvgIpc) is 3.15. The summed E-state index contributed by atoms with van der Waals surface area (Å²) in [6.45, 7) is 6.33. The highest BCUT2D eigenvalue weighted by molar-refractivity contribution is 8.00. The number of hydrogen-bond acceptors (Lipinski definition) is 7. The Labute approximate surface area is 209 Å². The van der Waals surface area contributed by atoms with Crippen LogP contribution in [0.1, 0.15) is 44.1 Å². The van der Waals surface area contributed by atoms with Gasteiger partial charge in [-0.2, -0.15) is 0 Å². The van der Waals surface area contributed by atoms with Gasteiger partial charge in [0, 0.05) is 23.6 Å². The molecule has 0 aliphatic heterocycles. The molecule has 3 aromatic rings. The number of carbonyl (C=O) groups excluding carboxylic acids is 1. The Bertz CT molecular complexity index is 1330. The highest BCUT2D eigenvalue weighted by Crippen LogP contribution is 2.35. The first-order valence-corrected chi connectivity index (χ1v) is 13.2. The van der Waals surface area contributed by atoms with Gasteiger partial charge in [0.2, 0.25) is 5.91 Å². The van der Waals surface area contributed by atoms with Crippen molar-refractivity contribution >= 4 is 62.2 Å². The summed E-state index contributed by atoms with van der Waals surface area (Å²) in [5, 5.41) is 14.4. The second-order valence-corrected chi connectivity index (χ2v) is 11.6. The van der Waals surface area contributed by atoms with E-state index in [9.17, 15) is 19.7 Å². The summed E-state index contributed by atoms with van der Waals surface area (Å²) in [6.07, 6.45) is 4.11. The number of rotatable bonds is 7. The number of anilines is 1. The maximum absolute atomic E-state index is 13.5. The van der Waals surface area contributed by atoms with Crippen LogP contribution >= 0.6 is 34.7 Å². The third kappa shape index (κ3) is 4.99. The Morgan fingerprint density at radius 3 is 2.74 bits per heavy atom. The second-order valence-electron chi connectivity index (χ2n) is 8.77. The Hall–Kier alpha value is -2.43. The smallest absolute Gasteiger partial charge is 0.271 e. The molecule has 1 aliphatic carbocycles. The predicted octanol–water partition coefficient (Wildman–Crippen LogP) is 5.67. The number of nitrogens with zero attached hydrogens (tertiary/aromatic N) is 3. The number of thioether (sulfide) groups is 1. The monoisotopic (exact) mass is 520 g/mol. The Kier molecular flexibility index (Phi) is 7.30. The number of aromatic nitrogens is 2. The molecule has 0 saturated carbocycles. The molecule has 2 aromatic heterocycles. The van der Waals surface area contributed by atoms with Crippen molar-refractivity contribution in [2.24, 2.45) is 5.92 Å². The van der Waals surface area contributed by atoms with Gasteiger partial charge in [0.25, 0.3) is 11.2 Å². The fourth-order valence-corrected chi connectivity index (χ4v) is 6.44. The maximum Gasteiger partial charge on any atom is 0.271 e. The first-order valence-electron chi connectivity index (χ1n) is 11.1. The summed E-state index contributed by atoms with van der Waals surface area (Å²) < 4.78 is 1.70. The van der Waals surface area contributed by atoms with E-state index in [1.165, 1.54) is 34.8 Å². The number of non-ortho nitro benzene ring substituents is 1. The molecule has 0 fully saturated rings. The normalized spacial score (nSPS) is 14.3. The Morgan fingerprint density at radius 2 is 2.06 bits per heavy atom. The lowest BCUT2D eigenvalue weighted by atomic mass is 9.97. The molecular weight excluding hydrogens is 496 g/mol. The van der Waals surface area contributed by atoms with Crippen LogP contribution < -0.4 is 10.9 Å². The van der Waals surface area contributed by atoms with Gasteiger partial charge in [-0.1, -0.05) is 37.2 Å². The van der Waals surface area contributed by atoms with Gasteiger partial charge in [-0.3, -0.25) is 24.3 Å². The van der Waals surface area contributed by atoms with Gasteiger partial charge in [0.1, 0.15) is 4.83 Å². The van der Waals surface area contributed by atoms with Gasteiger partial charge >= 0.3 is 0 Å². The number of halogens is 1. The van der Waals surface area contributed by atoms with Crippen LogP contribution in [0, 0.1) is 16.0 Å². The van der Waals surface area contributed by atoms with Crippen LogP contribution in [-0.4, -0.2) is 25.6 Å². The molecule has 1 atom stereocenters. The molecule has 1 aromatic carbocycles. The summed E-state index contributed by atoms with van der Waals surface area (Å²) in [5.74, 6) is -0.106. The van der Waals surface area contributed by atoms with Crippen molar-refractivity contribution in [3.05, 3.63) is 54.1 Å². The fraction of sp³-hybridized carbons (Fsp3) is 0.435. The Balaban J connectivity index is 1.63. The van der Waals surface area contributed by atoms with E-state index in [2.05, 4.69) is 5.32 Å². The van der Waals surface area contributed by atoms with E-state index in [0.29, 0.717) is 17.4 Å². The van der Waals surface area contributed by atoms with Crippen LogP contribution in [0.5, 0.6) is 0 Å². The molecule has 0 spiro atoms. The standard InChI is InChI=1S/C23H25ClN4O4S2/c1-12(2)11-27-22(30)19-15-6-4-5-7-18(15)34-21(19)26-23(27)33-13(3)20(29)25-17-9-8-14(28(31)32)10-16(17)24/h8-10,12-13H,4-7,11H2,1-3H3,(H,25,29)/t13-/m0/s1. The summed E-state index contributed by atoms with van der Waals surface area (Å²) in [7, 11) is 0. The number of nitro benzene ring substituents is 1. The minimum absolute atomic E-state index is 0.0355. The van der Waals surface area contributed by atoms with E-state index in [4.69, 9.17) is 16.6 Å². The van der Waals surface area contributed by atoms with Crippen LogP contribution in [0.3, 0.4) is 0 Å². The van der Waals surface area contributed by atoms with Crippen molar-refractivity contribution < 1.29 is 9.72 Å². The largest absolute Gasteiger partial charge is 0.324 e. The van der Waals surface area contributed by atoms with E-state index >= 15 is 0 Å². The lowest BCUT2D eigenvalue weighted by Gasteiger charge is -2.17. The average molecular weight is 521 g/mol. The number of amides is 1. The van der Waals surface area contributed by atoms with E-state index < -0.39 is 10.2 Å². The molecule has 1 amide bonds. The predicted molar refractivity (Wildman–Crippen MR) is 137 cm³/mol.